The maximum absolute atomic E-state index is 4.55. The molecule has 1 heterocycles. The number of pyridine rings is 1. The summed E-state index contributed by atoms with van der Waals surface area (Å²) in [5.41, 5.74) is 5.92. The molecule has 0 aliphatic rings. The monoisotopic (exact) mass is 197 g/mol. The molecule has 15 heavy (non-hydrogen) atoms. The molecule has 0 atom stereocenters. The molecule has 1 aromatic heterocycles. The lowest BCUT2D eigenvalue weighted by Crippen LogP contribution is -1.89. The lowest BCUT2D eigenvalue weighted by Gasteiger charge is -2.06. The molecule has 0 unspecified atom stereocenters. The van der Waals surface area contributed by atoms with Gasteiger partial charge in [0.2, 0.25) is 0 Å². The second-order valence-electron chi connectivity index (χ2n) is 3.98. The van der Waals surface area contributed by atoms with E-state index in [2.05, 4.69) is 49.2 Å². The Morgan fingerprint density at radius 1 is 0.933 bits per heavy atom. The minimum absolute atomic E-state index is 1.06. The molecule has 1 heteroatoms. The van der Waals surface area contributed by atoms with Crippen molar-refractivity contribution in [1.82, 2.24) is 4.98 Å². The summed E-state index contributed by atoms with van der Waals surface area (Å²) in [7, 11) is 0. The molecule has 0 saturated carbocycles. The van der Waals surface area contributed by atoms with E-state index < -0.39 is 0 Å². The fourth-order valence-electron chi connectivity index (χ4n) is 1.70. The van der Waals surface area contributed by atoms with Crippen molar-refractivity contribution in [2.45, 2.75) is 20.8 Å². The van der Waals surface area contributed by atoms with Crippen molar-refractivity contribution in [2.24, 2.45) is 0 Å². The molecule has 2 rings (SSSR count). The molecule has 76 valence electrons. The summed E-state index contributed by atoms with van der Waals surface area (Å²) in [6.45, 7) is 6.26. The summed E-state index contributed by atoms with van der Waals surface area (Å²) >= 11 is 0. The lowest BCUT2D eigenvalue weighted by molar-refractivity contribution is 1.20. The highest BCUT2D eigenvalue weighted by Gasteiger charge is 2.03. The van der Waals surface area contributed by atoms with Crippen LogP contribution in [0.4, 0.5) is 0 Å². The highest BCUT2D eigenvalue weighted by atomic mass is 14.7. The molecular formula is C14H15N. The number of aromatic nitrogens is 1. The van der Waals surface area contributed by atoms with Crippen molar-refractivity contribution in [1.29, 1.82) is 0 Å². The Hall–Kier alpha value is -1.63. The zero-order valence-electron chi connectivity index (χ0n) is 9.41. The van der Waals surface area contributed by atoms with Crippen molar-refractivity contribution < 1.29 is 0 Å². The lowest BCUT2D eigenvalue weighted by atomic mass is 10.0. The first kappa shape index (κ1) is 9.91. The average molecular weight is 197 g/mol. The van der Waals surface area contributed by atoms with Crippen LogP contribution < -0.4 is 0 Å². The molecule has 0 radical (unpaired) electrons. The quantitative estimate of drug-likeness (QED) is 0.679. The highest BCUT2D eigenvalue weighted by molar-refractivity contribution is 5.64. The second-order valence-corrected chi connectivity index (χ2v) is 3.98. The average Bonchev–Trinajstić information content (AvgIpc) is 2.22. The number of hydrogen-bond acceptors (Lipinski definition) is 1. The maximum atomic E-state index is 4.55. The van der Waals surface area contributed by atoms with Crippen LogP contribution in [0.5, 0.6) is 0 Å². The first-order chi connectivity index (χ1) is 7.16. The molecule has 0 aliphatic carbocycles. The largest absolute Gasteiger partial charge is 0.253 e. The minimum atomic E-state index is 1.06. The molecule has 0 bridgehead atoms. The van der Waals surface area contributed by atoms with Crippen LogP contribution >= 0.6 is 0 Å². The number of benzene rings is 1. The van der Waals surface area contributed by atoms with Gasteiger partial charge >= 0.3 is 0 Å². The van der Waals surface area contributed by atoms with Crippen LogP contribution in [0.3, 0.4) is 0 Å². The van der Waals surface area contributed by atoms with Gasteiger partial charge in [-0.25, -0.2) is 0 Å². The summed E-state index contributed by atoms with van der Waals surface area (Å²) in [6, 6.07) is 12.6. The molecule has 0 amide bonds. The van der Waals surface area contributed by atoms with Crippen LogP contribution in [0, 0.1) is 20.8 Å². The fourth-order valence-corrected chi connectivity index (χ4v) is 1.70. The molecule has 1 nitrogen and oxygen atoms in total. The standard InChI is InChI=1S/C14H15N/c1-10-7-8-11(2)13(9-10)14-6-4-5-12(3)15-14/h4-9H,1-3H3. The Morgan fingerprint density at radius 2 is 1.73 bits per heavy atom. The van der Waals surface area contributed by atoms with E-state index in [1.165, 1.54) is 16.7 Å². The van der Waals surface area contributed by atoms with Crippen molar-refractivity contribution >= 4 is 0 Å². The first-order valence-corrected chi connectivity index (χ1v) is 5.18. The van der Waals surface area contributed by atoms with Crippen LogP contribution in [0.2, 0.25) is 0 Å². The highest BCUT2D eigenvalue weighted by Crippen LogP contribution is 2.22. The van der Waals surface area contributed by atoms with Crippen LogP contribution in [-0.4, -0.2) is 4.98 Å². The normalized spacial score (nSPS) is 10.3. The van der Waals surface area contributed by atoms with Crippen molar-refractivity contribution in [3.8, 4) is 11.3 Å². The number of aryl methyl sites for hydroxylation is 3. The molecule has 2 aromatic rings. The molecule has 0 fully saturated rings. The van der Waals surface area contributed by atoms with Gasteiger partial charge < -0.3 is 0 Å². The van der Waals surface area contributed by atoms with E-state index in [1.54, 1.807) is 0 Å². The number of hydrogen-bond donors (Lipinski definition) is 0. The zero-order chi connectivity index (χ0) is 10.8. The third-order valence-electron chi connectivity index (χ3n) is 2.56. The molecule has 1 aromatic carbocycles. The van der Waals surface area contributed by atoms with Gasteiger partial charge in [0.05, 0.1) is 5.69 Å². The Bertz CT molecular complexity index is 486. The predicted molar refractivity (Wildman–Crippen MR) is 63.9 cm³/mol. The van der Waals surface area contributed by atoms with Crippen LogP contribution in [0.25, 0.3) is 11.3 Å². The van der Waals surface area contributed by atoms with Gasteiger partial charge in [-0.3, -0.25) is 4.98 Å². The summed E-state index contributed by atoms with van der Waals surface area (Å²) < 4.78 is 0. The summed E-state index contributed by atoms with van der Waals surface area (Å²) in [6.07, 6.45) is 0. The van der Waals surface area contributed by atoms with Crippen LogP contribution in [0.1, 0.15) is 16.8 Å². The molecule has 0 spiro atoms. The van der Waals surface area contributed by atoms with Crippen LogP contribution in [-0.2, 0) is 0 Å². The van der Waals surface area contributed by atoms with Gasteiger partial charge in [0, 0.05) is 11.3 Å². The van der Waals surface area contributed by atoms with Gasteiger partial charge in [0.25, 0.3) is 0 Å². The van der Waals surface area contributed by atoms with Gasteiger partial charge in [-0.15, -0.1) is 0 Å². The Morgan fingerprint density at radius 3 is 2.47 bits per heavy atom. The first-order valence-electron chi connectivity index (χ1n) is 5.18. The smallest absolute Gasteiger partial charge is 0.0707 e. The summed E-state index contributed by atoms with van der Waals surface area (Å²) in [5.74, 6) is 0. The maximum Gasteiger partial charge on any atom is 0.0707 e. The van der Waals surface area contributed by atoms with Crippen molar-refractivity contribution in [3.63, 3.8) is 0 Å². The Balaban J connectivity index is 2.58. The SMILES string of the molecule is Cc1ccc(C)c(-c2cccc(C)n2)c1. The molecular weight excluding hydrogens is 182 g/mol. The van der Waals surface area contributed by atoms with Gasteiger partial charge in [-0.2, -0.15) is 0 Å². The molecule has 0 N–H and O–H groups in total. The molecule has 0 saturated heterocycles. The second kappa shape index (κ2) is 3.85. The van der Waals surface area contributed by atoms with Gasteiger partial charge in [-0.1, -0.05) is 23.8 Å². The van der Waals surface area contributed by atoms with Gasteiger partial charge in [-0.05, 0) is 44.5 Å². The van der Waals surface area contributed by atoms with Crippen LogP contribution in [0.15, 0.2) is 36.4 Å². The van der Waals surface area contributed by atoms with E-state index in [0.29, 0.717) is 0 Å². The predicted octanol–water partition coefficient (Wildman–Crippen LogP) is 3.67. The van der Waals surface area contributed by atoms with E-state index in [4.69, 9.17) is 0 Å². The fraction of sp³-hybridized carbons (Fsp3) is 0.214. The van der Waals surface area contributed by atoms with Gasteiger partial charge in [0.1, 0.15) is 0 Å². The summed E-state index contributed by atoms with van der Waals surface area (Å²) in [4.78, 5) is 4.55. The molecule has 0 aliphatic heterocycles. The van der Waals surface area contributed by atoms with E-state index in [9.17, 15) is 0 Å². The Kier molecular flexibility index (Phi) is 2.55. The zero-order valence-corrected chi connectivity index (χ0v) is 9.41. The third-order valence-corrected chi connectivity index (χ3v) is 2.56. The van der Waals surface area contributed by atoms with Crippen molar-refractivity contribution in [3.05, 3.63) is 53.2 Å². The Labute approximate surface area is 90.8 Å². The van der Waals surface area contributed by atoms with E-state index in [-0.39, 0.29) is 0 Å². The minimum Gasteiger partial charge on any atom is -0.253 e. The van der Waals surface area contributed by atoms with E-state index in [0.717, 1.165) is 11.4 Å². The number of nitrogens with zero attached hydrogens (tertiary/aromatic N) is 1. The number of rotatable bonds is 1. The summed E-state index contributed by atoms with van der Waals surface area (Å²) in [5, 5.41) is 0. The van der Waals surface area contributed by atoms with E-state index in [1.807, 2.05) is 13.0 Å². The van der Waals surface area contributed by atoms with Crippen molar-refractivity contribution in [2.75, 3.05) is 0 Å². The van der Waals surface area contributed by atoms with E-state index >= 15 is 0 Å². The van der Waals surface area contributed by atoms with Gasteiger partial charge in [0.15, 0.2) is 0 Å². The third kappa shape index (κ3) is 2.07. The topological polar surface area (TPSA) is 12.9 Å².